The van der Waals surface area contributed by atoms with Gasteiger partial charge in [0.25, 0.3) is 5.91 Å². The highest BCUT2D eigenvalue weighted by Crippen LogP contribution is 2.25. The molecule has 0 spiro atoms. The van der Waals surface area contributed by atoms with Gasteiger partial charge in [-0.2, -0.15) is 11.3 Å². The summed E-state index contributed by atoms with van der Waals surface area (Å²) in [6.07, 6.45) is 0.821. The molecule has 5 nitrogen and oxygen atoms in total. The Kier molecular flexibility index (Phi) is 6.47. The Morgan fingerprint density at radius 3 is 2.70 bits per heavy atom. The van der Waals surface area contributed by atoms with Gasteiger partial charge < -0.3 is 9.47 Å². The molecule has 0 radical (unpaired) electrons. The minimum absolute atomic E-state index is 0.00331. The van der Waals surface area contributed by atoms with Gasteiger partial charge >= 0.3 is 0 Å². The van der Waals surface area contributed by atoms with Crippen molar-refractivity contribution in [3.63, 3.8) is 0 Å². The number of rotatable bonds is 8. The number of benzene rings is 1. The maximum absolute atomic E-state index is 12.6. The van der Waals surface area contributed by atoms with Gasteiger partial charge in [-0.3, -0.25) is 10.1 Å². The quantitative estimate of drug-likeness (QED) is 0.564. The first-order valence-corrected chi connectivity index (χ1v) is 10.5. The number of anilines is 1. The van der Waals surface area contributed by atoms with E-state index in [0.29, 0.717) is 28.8 Å². The van der Waals surface area contributed by atoms with Gasteiger partial charge in [0.05, 0.1) is 18.4 Å². The molecule has 1 N–H and O–H groups in total. The Morgan fingerprint density at radius 1 is 1.22 bits per heavy atom. The Morgan fingerprint density at radius 2 is 2.04 bits per heavy atom. The molecule has 0 saturated carbocycles. The number of carbonyl (C=O) groups excluding carboxylic acids is 1. The second-order valence-corrected chi connectivity index (χ2v) is 7.98. The number of aromatic nitrogens is 1. The lowest BCUT2D eigenvalue weighted by atomic mass is 10.2. The van der Waals surface area contributed by atoms with Crippen LogP contribution in [0.4, 0.5) is 5.13 Å². The van der Waals surface area contributed by atoms with Crippen LogP contribution in [0.3, 0.4) is 0 Å². The van der Waals surface area contributed by atoms with Gasteiger partial charge in [-0.05, 0) is 55.3 Å². The van der Waals surface area contributed by atoms with Crippen LogP contribution in [0.1, 0.15) is 35.5 Å². The van der Waals surface area contributed by atoms with Crippen LogP contribution < -0.4 is 14.8 Å². The van der Waals surface area contributed by atoms with Gasteiger partial charge in [0.1, 0.15) is 11.5 Å². The molecule has 2 aromatic heterocycles. The monoisotopic (exact) mass is 402 g/mol. The van der Waals surface area contributed by atoms with E-state index in [1.54, 1.807) is 23.5 Å². The second-order valence-electron chi connectivity index (χ2n) is 6.34. The summed E-state index contributed by atoms with van der Waals surface area (Å²) in [7, 11) is 0. The number of thiazole rings is 1. The first-order valence-electron chi connectivity index (χ1n) is 8.68. The Bertz CT molecular complexity index is 889. The molecule has 3 rings (SSSR count). The van der Waals surface area contributed by atoms with Crippen LogP contribution in [0, 0.1) is 6.92 Å². The van der Waals surface area contributed by atoms with Crippen molar-refractivity contribution in [2.24, 2.45) is 0 Å². The fourth-order valence-corrected chi connectivity index (χ4v) is 3.82. The van der Waals surface area contributed by atoms with Crippen molar-refractivity contribution in [1.29, 1.82) is 0 Å². The lowest BCUT2D eigenvalue weighted by Crippen LogP contribution is -2.13. The molecule has 3 aromatic rings. The molecular formula is C20H22N2O3S2. The summed E-state index contributed by atoms with van der Waals surface area (Å²) in [5.74, 6) is 0.989. The fraction of sp³-hybridized carbons (Fsp3) is 0.300. The molecule has 0 saturated heterocycles. The van der Waals surface area contributed by atoms with Crippen molar-refractivity contribution < 1.29 is 14.3 Å². The standard InChI is InChI=1S/C20H22N2O3S2/c1-13(2)25-18-9-16(19(23)22-20-21-14(3)11-27-20)8-17(10-18)24-6-4-15-5-7-26-12-15/h5,7-13H,4,6H2,1-3H3,(H,21,22,23). The van der Waals surface area contributed by atoms with E-state index in [0.717, 1.165) is 12.1 Å². The van der Waals surface area contributed by atoms with E-state index in [2.05, 4.69) is 27.1 Å². The third-order valence-electron chi connectivity index (χ3n) is 3.59. The van der Waals surface area contributed by atoms with Crippen molar-refractivity contribution in [2.75, 3.05) is 11.9 Å². The fourth-order valence-electron chi connectivity index (χ4n) is 2.43. The van der Waals surface area contributed by atoms with Crippen LogP contribution in [0.2, 0.25) is 0 Å². The van der Waals surface area contributed by atoms with Crippen LogP contribution in [-0.2, 0) is 6.42 Å². The second kappa shape index (κ2) is 9.01. The molecular weight excluding hydrogens is 380 g/mol. The first kappa shape index (κ1) is 19.4. The summed E-state index contributed by atoms with van der Waals surface area (Å²) < 4.78 is 11.7. The van der Waals surface area contributed by atoms with Crippen molar-refractivity contribution in [3.8, 4) is 11.5 Å². The zero-order valence-electron chi connectivity index (χ0n) is 15.5. The summed E-state index contributed by atoms with van der Waals surface area (Å²) in [5, 5.41) is 9.45. The average molecular weight is 403 g/mol. The number of nitrogens with zero attached hydrogens (tertiary/aromatic N) is 1. The van der Waals surface area contributed by atoms with Gasteiger partial charge in [0, 0.05) is 23.4 Å². The lowest BCUT2D eigenvalue weighted by molar-refractivity contribution is 0.102. The molecule has 0 aliphatic rings. The summed E-state index contributed by atoms with van der Waals surface area (Å²) in [4.78, 5) is 16.9. The van der Waals surface area contributed by atoms with Gasteiger partial charge in [0.15, 0.2) is 5.13 Å². The molecule has 0 aliphatic carbocycles. The van der Waals surface area contributed by atoms with Crippen LogP contribution in [0.25, 0.3) is 0 Å². The maximum atomic E-state index is 12.6. The number of thiophene rings is 1. The summed E-state index contributed by atoms with van der Waals surface area (Å²) >= 11 is 3.07. The van der Waals surface area contributed by atoms with Crippen molar-refractivity contribution >= 4 is 33.7 Å². The topological polar surface area (TPSA) is 60.5 Å². The number of nitrogens with one attached hydrogen (secondary N) is 1. The molecule has 1 aromatic carbocycles. The van der Waals surface area contributed by atoms with Crippen LogP contribution in [0.5, 0.6) is 11.5 Å². The maximum Gasteiger partial charge on any atom is 0.257 e. The normalized spacial score (nSPS) is 10.8. The minimum atomic E-state index is -0.235. The molecule has 0 atom stereocenters. The van der Waals surface area contributed by atoms with Gasteiger partial charge in [-0.1, -0.05) is 0 Å². The lowest BCUT2D eigenvalue weighted by Gasteiger charge is -2.14. The molecule has 0 fully saturated rings. The predicted molar refractivity (Wildman–Crippen MR) is 111 cm³/mol. The van der Waals surface area contributed by atoms with Gasteiger partial charge in [-0.15, -0.1) is 11.3 Å². The highest BCUT2D eigenvalue weighted by Gasteiger charge is 2.13. The van der Waals surface area contributed by atoms with E-state index in [1.165, 1.54) is 16.9 Å². The zero-order valence-corrected chi connectivity index (χ0v) is 17.2. The van der Waals surface area contributed by atoms with Gasteiger partial charge in [0.2, 0.25) is 0 Å². The Labute approximate surface area is 167 Å². The van der Waals surface area contributed by atoms with E-state index in [9.17, 15) is 4.79 Å². The molecule has 1 amide bonds. The van der Waals surface area contributed by atoms with E-state index in [1.807, 2.05) is 32.2 Å². The minimum Gasteiger partial charge on any atom is -0.493 e. The highest BCUT2D eigenvalue weighted by atomic mass is 32.1. The smallest absolute Gasteiger partial charge is 0.257 e. The van der Waals surface area contributed by atoms with Crippen LogP contribution in [-0.4, -0.2) is 23.6 Å². The Balaban J connectivity index is 1.73. The van der Waals surface area contributed by atoms with E-state index in [4.69, 9.17) is 9.47 Å². The first-order chi connectivity index (χ1) is 13.0. The molecule has 0 unspecified atom stereocenters. The van der Waals surface area contributed by atoms with Crippen molar-refractivity contribution in [3.05, 3.63) is 57.2 Å². The van der Waals surface area contributed by atoms with Crippen molar-refractivity contribution in [2.45, 2.75) is 33.3 Å². The SMILES string of the molecule is Cc1csc(NC(=O)c2cc(OCCc3ccsc3)cc(OC(C)C)c2)n1. The van der Waals surface area contributed by atoms with Crippen molar-refractivity contribution in [1.82, 2.24) is 4.98 Å². The molecule has 0 bridgehead atoms. The highest BCUT2D eigenvalue weighted by molar-refractivity contribution is 7.14. The third-order valence-corrected chi connectivity index (χ3v) is 5.20. The number of carbonyl (C=O) groups is 1. The molecule has 2 heterocycles. The Hall–Kier alpha value is -2.38. The van der Waals surface area contributed by atoms with E-state index >= 15 is 0 Å². The predicted octanol–water partition coefficient (Wildman–Crippen LogP) is 5.17. The number of aryl methyl sites for hydroxylation is 1. The van der Waals surface area contributed by atoms with Crippen LogP contribution in [0.15, 0.2) is 40.4 Å². The van der Waals surface area contributed by atoms with Gasteiger partial charge in [-0.25, -0.2) is 4.98 Å². The van der Waals surface area contributed by atoms with Crippen LogP contribution >= 0.6 is 22.7 Å². The zero-order chi connectivity index (χ0) is 19.2. The molecule has 7 heteroatoms. The third kappa shape index (κ3) is 5.80. The number of ether oxygens (including phenoxy) is 2. The number of amides is 1. The van der Waals surface area contributed by atoms with E-state index < -0.39 is 0 Å². The number of hydrogen-bond acceptors (Lipinski definition) is 6. The van der Waals surface area contributed by atoms with E-state index in [-0.39, 0.29) is 12.0 Å². The molecule has 0 aliphatic heterocycles. The molecule has 142 valence electrons. The summed E-state index contributed by atoms with van der Waals surface area (Å²) in [6.45, 7) is 6.32. The summed E-state index contributed by atoms with van der Waals surface area (Å²) in [5.41, 5.74) is 2.60. The largest absolute Gasteiger partial charge is 0.493 e. The molecule has 27 heavy (non-hydrogen) atoms. The average Bonchev–Trinajstić information content (AvgIpc) is 3.26. The summed E-state index contributed by atoms with van der Waals surface area (Å²) in [6, 6.07) is 7.36. The number of hydrogen-bond donors (Lipinski definition) is 1.